The number of aromatic nitrogens is 1. The minimum Gasteiger partial charge on any atom is -0.358 e. The van der Waals surface area contributed by atoms with Gasteiger partial charge in [-0.05, 0) is 122 Å². The summed E-state index contributed by atoms with van der Waals surface area (Å²) in [6.07, 6.45) is 16.9. The Balaban J connectivity index is 1.29. The molecule has 0 spiro atoms. The molecule has 0 saturated carbocycles. The van der Waals surface area contributed by atoms with Crippen LogP contribution in [0.4, 0.5) is 0 Å². The lowest BCUT2D eigenvalue weighted by Gasteiger charge is -2.24. The van der Waals surface area contributed by atoms with E-state index in [1.165, 1.54) is 22.4 Å². The van der Waals surface area contributed by atoms with Crippen molar-refractivity contribution in [2.75, 3.05) is 0 Å². The van der Waals surface area contributed by atoms with Crippen LogP contribution in [0, 0.1) is 5.92 Å². The van der Waals surface area contributed by atoms with Gasteiger partial charge in [0, 0.05) is 27.9 Å². The first-order valence-electron chi connectivity index (χ1n) is 14.0. The lowest BCUT2D eigenvalue weighted by atomic mass is 9.80. The highest BCUT2D eigenvalue weighted by Crippen LogP contribution is 2.39. The first-order valence-corrected chi connectivity index (χ1v) is 14.7. The fourth-order valence-electron chi connectivity index (χ4n) is 5.75. The van der Waals surface area contributed by atoms with Crippen LogP contribution in [0.5, 0.6) is 0 Å². The maximum atomic E-state index is 12.9. The molecule has 3 aromatic rings. The lowest BCUT2D eigenvalue weighted by molar-refractivity contribution is -0.111. The largest absolute Gasteiger partial charge is 0.358 e. The van der Waals surface area contributed by atoms with Crippen molar-refractivity contribution >= 4 is 34.6 Å². The van der Waals surface area contributed by atoms with Crippen LogP contribution in [0.25, 0.3) is 16.8 Å². The summed E-state index contributed by atoms with van der Waals surface area (Å²) in [6, 6.07) is 18.1. The number of ketones is 1. The third kappa shape index (κ3) is 7.12. The lowest BCUT2D eigenvalue weighted by Crippen LogP contribution is -2.10. The molecule has 0 saturated heterocycles. The van der Waals surface area contributed by atoms with E-state index in [0.29, 0.717) is 5.92 Å². The summed E-state index contributed by atoms with van der Waals surface area (Å²) in [5.41, 5.74) is 9.69. The summed E-state index contributed by atoms with van der Waals surface area (Å²) in [7, 11) is 0. The van der Waals surface area contributed by atoms with Crippen molar-refractivity contribution in [2.45, 2.75) is 57.8 Å². The number of hydrogen-bond acceptors (Lipinski definition) is 1. The number of carbonyl (C=O) groups is 1. The normalized spacial score (nSPS) is 21.1. The molecular formula is C35H35Cl2NO. The van der Waals surface area contributed by atoms with E-state index >= 15 is 0 Å². The summed E-state index contributed by atoms with van der Waals surface area (Å²) in [5.74, 6) is 0.629. The number of nitrogens with one attached hydrogen (secondary N) is 1. The number of hydrogen-bond donors (Lipinski definition) is 1. The van der Waals surface area contributed by atoms with Gasteiger partial charge >= 0.3 is 0 Å². The first-order chi connectivity index (χ1) is 19.0. The maximum Gasteiger partial charge on any atom is 0.181 e. The van der Waals surface area contributed by atoms with Gasteiger partial charge in [-0.3, -0.25) is 4.79 Å². The molecule has 5 rings (SSSR count). The van der Waals surface area contributed by atoms with Crippen LogP contribution in [-0.2, 0) is 17.6 Å². The predicted octanol–water partition coefficient (Wildman–Crippen LogP) is 10.1. The van der Waals surface area contributed by atoms with Gasteiger partial charge in [0.25, 0.3) is 0 Å². The zero-order valence-electron chi connectivity index (χ0n) is 22.3. The Morgan fingerprint density at radius 3 is 2.46 bits per heavy atom. The van der Waals surface area contributed by atoms with E-state index in [2.05, 4.69) is 41.9 Å². The number of aromatic amines is 1. The molecule has 0 radical (unpaired) electrons. The molecule has 1 unspecified atom stereocenters. The molecule has 1 heterocycles. The molecule has 0 fully saturated rings. The highest BCUT2D eigenvalue weighted by Gasteiger charge is 2.24. The minimum atomic E-state index is 0.145. The van der Waals surface area contributed by atoms with Crippen LogP contribution in [0.15, 0.2) is 96.6 Å². The second kappa shape index (κ2) is 12.9. The van der Waals surface area contributed by atoms with Gasteiger partial charge in [0.1, 0.15) is 0 Å². The molecule has 0 bridgehead atoms. The molecule has 2 aliphatic carbocycles. The quantitative estimate of drug-likeness (QED) is 0.238. The monoisotopic (exact) mass is 555 g/mol. The van der Waals surface area contributed by atoms with Gasteiger partial charge in [-0.1, -0.05) is 77.8 Å². The number of halogens is 2. The standard InChI is InChI=1S/C35H35Cl2NO/c1-24-6-2-12-31(32-23-33(38-34(32)22-24)27-16-20-30(37)21-17-27)26-8-4-10-28(11-5-9-26)35(39)13-3-7-25-14-18-29(36)19-15-25/h3,10,12-21,23,26,38H,1-2,4-9,11,22H2/b13-3+,28-10-,31-12+. The number of H-pyrrole nitrogens is 1. The van der Waals surface area contributed by atoms with E-state index < -0.39 is 0 Å². The zero-order chi connectivity index (χ0) is 27.2. The third-order valence-electron chi connectivity index (χ3n) is 7.85. The summed E-state index contributed by atoms with van der Waals surface area (Å²) in [4.78, 5) is 16.6. The Labute approximate surface area is 242 Å². The average Bonchev–Trinajstić information content (AvgIpc) is 3.30. The van der Waals surface area contributed by atoms with Gasteiger partial charge in [0.2, 0.25) is 0 Å². The topological polar surface area (TPSA) is 32.9 Å². The van der Waals surface area contributed by atoms with Crippen molar-refractivity contribution in [3.05, 3.63) is 123 Å². The van der Waals surface area contributed by atoms with Crippen LogP contribution in [-0.4, -0.2) is 10.8 Å². The Kier molecular flexibility index (Phi) is 9.06. The van der Waals surface area contributed by atoms with Crippen LogP contribution in [0.1, 0.15) is 61.8 Å². The molecule has 2 aromatic carbocycles. The summed E-state index contributed by atoms with van der Waals surface area (Å²) >= 11 is 12.1. The number of carbonyl (C=O) groups excluding carboxylic acids is 1. The van der Waals surface area contributed by atoms with E-state index in [-0.39, 0.29) is 5.78 Å². The van der Waals surface area contributed by atoms with Crippen LogP contribution in [0.2, 0.25) is 10.0 Å². The second-order valence-electron chi connectivity index (χ2n) is 10.7. The van der Waals surface area contributed by atoms with Gasteiger partial charge in [0.15, 0.2) is 5.78 Å². The SMILES string of the molecule is C=C1CC/C=C(\C2CC/C=C(\C(=O)/C=C/Cc3ccc(Cl)cc3)CCC2)c2cc(-c3ccc(Cl)cc3)[nH]c2C1. The molecule has 200 valence electrons. The van der Waals surface area contributed by atoms with Crippen molar-refractivity contribution < 1.29 is 4.79 Å². The van der Waals surface area contributed by atoms with Crippen molar-refractivity contribution in [3.63, 3.8) is 0 Å². The predicted molar refractivity (Wildman–Crippen MR) is 165 cm³/mol. The van der Waals surface area contributed by atoms with Crippen molar-refractivity contribution in [1.82, 2.24) is 4.98 Å². The summed E-state index contributed by atoms with van der Waals surface area (Å²) in [6.45, 7) is 4.32. The molecule has 1 aromatic heterocycles. The van der Waals surface area contributed by atoms with Crippen LogP contribution < -0.4 is 0 Å². The van der Waals surface area contributed by atoms with Crippen molar-refractivity contribution in [1.29, 1.82) is 0 Å². The third-order valence-corrected chi connectivity index (χ3v) is 8.36. The molecule has 1 atom stereocenters. The molecule has 0 amide bonds. The molecule has 2 nitrogen and oxygen atoms in total. The molecule has 2 aliphatic rings. The molecule has 0 aliphatic heterocycles. The van der Waals surface area contributed by atoms with E-state index in [1.54, 1.807) is 6.08 Å². The zero-order valence-corrected chi connectivity index (χ0v) is 23.8. The highest BCUT2D eigenvalue weighted by molar-refractivity contribution is 6.30. The summed E-state index contributed by atoms with van der Waals surface area (Å²) < 4.78 is 0. The minimum absolute atomic E-state index is 0.145. The molecule has 4 heteroatoms. The first kappa shape index (κ1) is 27.5. The van der Waals surface area contributed by atoms with Crippen LogP contribution in [0.3, 0.4) is 0 Å². The van der Waals surface area contributed by atoms with Crippen LogP contribution >= 0.6 is 23.2 Å². The molecular weight excluding hydrogens is 521 g/mol. The fourth-order valence-corrected chi connectivity index (χ4v) is 6.01. The van der Waals surface area contributed by atoms with E-state index in [4.69, 9.17) is 23.2 Å². The number of allylic oxidation sites excluding steroid dienone is 7. The molecule has 1 N–H and O–H groups in total. The number of benzene rings is 2. The average molecular weight is 557 g/mol. The summed E-state index contributed by atoms with van der Waals surface area (Å²) in [5, 5.41) is 1.47. The Bertz CT molecular complexity index is 1420. The Morgan fingerprint density at radius 2 is 1.69 bits per heavy atom. The van der Waals surface area contributed by atoms with Gasteiger partial charge in [-0.2, -0.15) is 0 Å². The maximum absolute atomic E-state index is 12.9. The Hall–Kier alpha value is -3.07. The van der Waals surface area contributed by atoms with Crippen molar-refractivity contribution in [2.24, 2.45) is 5.92 Å². The van der Waals surface area contributed by atoms with E-state index in [0.717, 1.165) is 90.2 Å². The van der Waals surface area contributed by atoms with Crippen molar-refractivity contribution in [3.8, 4) is 11.3 Å². The second-order valence-corrected chi connectivity index (χ2v) is 11.6. The number of rotatable bonds is 6. The van der Waals surface area contributed by atoms with Gasteiger partial charge in [-0.25, -0.2) is 0 Å². The number of fused-ring (bicyclic) bond motifs is 1. The highest BCUT2D eigenvalue weighted by atomic mass is 35.5. The molecule has 39 heavy (non-hydrogen) atoms. The van der Waals surface area contributed by atoms with E-state index in [9.17, 15) is 4.79 Å². The fraction of sp³-hybridized carbons (Fsp3) is 0.286. The van der Waals surface area contributed by atoms with Gasteiger partial charge in [-0.15, -0.1) is 0 Å². The smallest absolute Gasteiger partial charge is 0.181 e. The van der Waals surface area contributed by atoms with Gasteiger partial charge < -0.3 is 4.98 Å². The van der Waals surface area contributed by atoms with Gasteiger partial charge in [0.05, 0.1) is 0 Å². The Morgan fingerprint density at radius 1 is 0.949 bits per heavy atom. The van der Waals surface area contributed by atoms with E-state index in [1.807, 2.05) is 42.5 Å².